The van der Waals surface area contributed by atoms with Crippen molar-refractivity contribution in [1.29, 1.82) is 0 Å². The molecule has 8 nitrogen and oxygen atoms in total. The molecule has 30 heavy (non-hydrogen) atoms. The van der Waals surface area contributed by atoms with Gasteiger partial charge in [-0.15, -0.1) is 0 Å². The Balaban J connectivity index is 1.33. The van der Waals surface area contributed by atoms with Crippen LogP contribution in [0.3, 0.4) is 0 Å². The average Bonchev–Trinajstić information content (AvgIpc) is 3.03. The first-order valence-corrected chi connectivity index (χ1v) is 10.1. The minimum atomic E-state index is -1.01. The lowest BCUT2D eigenvalue weighted by Crippen LogP contribution is -2.61. The Hall–Kier alpha value is -2.75. The molecule has 0 bridgehead atoms. The number of anilines is 1. The van der Waals surface area contributed by atoms with Crippen LogP contribution in [0, 0.1) is 11.6 Å². The Morgan fingerprint density at radius 1 is 1.07 bits per heavy atom. The number of hydrogen-bond acceptors (Lipinski definition) is 5. The molecular formula is C20H25F2N5O3. The standard InChI is InChI=1S/C20H25F2N5O3/c1-26-5-4-11(8-26)23-20(30)24-12-9-27(10-12)13-6-15(21)18(16(22)7-13)14-2-3-17(28)25-19(14)29/h6-7,11-12,14H,2-5,8-10H2,1H3,(H2,23,24,30)(H,25,28,29)/t11?,14-/m1/s1. The van der Waals surface area contributed by atoms with Gasteiger partial charge in [0.1, 0.15) is 11.6 Å². The highest BCUT2D eigenvalue weighted by atomic mass is 19.1. The molecule has 3 N–H and O–H groups in total. The molecule has 0 saturated carbocycles. The lowest BCUT2D eigenvalue weighted by atomic mass is 9.89. The lowest BCUT2D eigenvalue weighted by Gasteiger charge is -2.41. The molecule has 3 aliphatic heterocycles. The first-order chi connectivity index (χ1) is 14.3. The van der Waals surface area contributed by atoms with E-state index in [0.717, 1.165) is 19.5 Å². The van der Waals surface area contributed by atoms with Gasteiger partial charge in [-0.3, -0.25) is 14.9 Å². The highest BCUT2D eigenvalue weighted by Crippen LogP contribution is 2.33. The minimum Gasteiger partial charge on any atom is -0.367 e. The van der Waals surface area contributed by atoms with Crippen LogP contribution in [0.4, 0.5) is 19.3 Å². The van der Waals surface area contributed by atoms with Crippen molar-refractivity contribution in [2.75, 3.05) is 38.1 Å². The van der Waals surface area contributed by atoms with Crippen LogP contribution >= 0.6 is 0 Å². The number of nitrogens with zero attached hydrogens (tertiary/aromatic N) is 2. The normalized spacial score (nSPS) is 25.1. The number of likely N-dealkylation sites (tertiary alicyclic amines) is 1. The number of benzene rings is 1. The second-order valence-electron chi connectivity index (χ2n) is 8.29. The fourth-order valence-electron chi connectivity index (χ4n) is 4.30. The smallest absolute Gasteiger partial charge is 0.315 e. The molecule has 162 valence electrons. The minimum absolute atomic E-state index is 0.0513. The Morgan fingerprint density at radius 3 is 2.33 bits per heavy atom. The Morgan fingerprint density at radius 2 is 1.73 bits per heavy atom. The molecule has 3 heterocycles. The molecule has 3 fully saturated rings. The molecule has 4 amide bonds. The number of carbonyl (C=O) groups is 3. The van der Waals surface area contributed by atoms with Gasteiger partial charge < -0.3 is 20.4 Å². The number of carbonyl (C=O) groups excluding carboxylic acids is 3. The summed E-state index contributed by atoms with van der Waals surface area (Å²) in [5, 5.41) is 7.94. The number of amides is 4. The number of halogens is 2. The van der Waals surface area contributed by atoms with Crippen LogP contribution in [0.5, 0.6) is 0 Å². The van der Waals surface area contributed by atoms with Crippen molar-refractivity contribution in [3.8, 4) is 0 Å². The second-order valence-corrected chi connectivity index (χ2v) is 8.29. The van der Waals surface area contributed by atoms with Gasteiger partial charge in [0.05, 0.1) is 12.0 Å². The maximum absolute atomic E-state index is 14.6. The zero-order valence-corrected chi connectivity index (χ0v) is 16.7. The fourth-order valence-corrected chi connectivity index (χ4v) is 4.30. The van der Waals surface area contributed by atoms with Crippen molar-refractivity contribution < 1.29 is 23.2 Å². The average molecular weight is 421 g/mol. The van der Waals surface area contributed by atoms with Gasteiger partial charge in [-0.1, -0.05) is 0 Å². The van der Waals surface area contributed by atoms with Crippen LogP contribution in [-0.4, -0.2) is 68.1 Å². The molecule has 1 aromatic carbocycles. The van der Waals surface area contributed by atoms with Gasteiger partial charge in [0.2, 0.25) is 11.8 Å². The van der Waals surface area contributed by atoms with Crippen molar-refractivity contribution >= 4 is 23.5 Å². The van der Waals surface area contributed by atoms with E-state index in [1.807, 2.05) is 7.05 Å². The predicted molar refractivity (Wildman–Crippen MR) is 105 cm³/mol. The monoisotopic (exact) mass is 421 g/mol. The topological polar surface area (TPSA) is 93.8 Å². The quantitative estimate of drug-likeness (QED) is 0.622. The van der Waals surface area contributed by atoms with Crippen LogP contribution in [0.2, 0.25) is 0 Å². The molecule has 4 rings (SSSR count). The summed E-state index contributed by atoms with van der Waals surface area (Å²) >= 11 is 0. The van der Waals surface area contributed by atoms with E-state index in [1.54, 1.807) is 4.90 Å². The number of urea groups is 1. The van der Waals surface area contributed by atoms with E-state index in [0.29, 0.717) is 18.8 Å². The van der Waals surface area contributed by atoms with Gasteiger partial charge in [0.25, 0.3) is 0 Å². The van der Waals surface area contributed by atoms with Crippen LogP contribution < -0.4 is 20.9 Å². The van der Waals surface area contributed by atoms with Crippen molar-refractivity contribution in [3.63, 3.8) is 0 Å². The van der Waals surface area contributed by atoms with Gasteiger partial charge in [-0.25, -0.2) is 13.6 Å². The molecule has 0 aromatic heterocycles. The van der Waals surface area contributed by atoms with Gasteiger partial charge in [-0.2, -0.15) is 0 Å². The highest BCUT2D eigenvalue weighted by molar-refractivity contribution is 6.01. The molecule has 0 aliphatic carbocycles. The number of likely N-dealkylation sites (N-methyl/N-ethyl adjacent to an activating group) is 1. The third-order valence-corrected chi connectivity index (χ3v) is 5.96. The summed E-state index contributed by atoms with van der Waals surface area (Å²) < 4.78 is 29.3. The Bertz CT molecular complexity index is 851. The summed E-state index contributed by atoms with van der Waals surface area (Å²) in [7, 11) is 2.01. The Labute approximate surface area is 173 Å². The maximum atomic E-state index is 14.6. The van der Waals surface area contributed by atoms with E-state index in [-0.39, 0.29) is 36.5 Å². The van der Waals surface area contributed by atoms with Crippen LogP contribution in [0.15, 0.2) is 12.1 Å². The molecule has 10 heteroatoms. The van der Waals surface area contributed by atoms with Crippen molar-refractivity contribution in [2.24, 2.45) is 0 Å². The Kier molecular flexibility index (Phi) is 5.59. The van der Waals surface area contributed by atoms with E-state index in [9.17, 15) is 23.2 Å². The second kappa shape index (κ2) is 8.17. The summed E-state index contributed by atoms with van der Waals surface area (Å²) in [5.41, 5.74) is 0.0526. The van der Waals surface area contributed by atoms with E-state index < -0.39 is 29.4 Å². The van der Waals surface area contributed by atoms with E-state index >= 15 is 0 Å². The van der Waals surface area contributed by atoms with Crippen molar-refractivity contribution in [3.05, 3.63) is 29.3 Å². The molecule has 3 saturated heterocycles. The molecular weight excluding hydrogens is 396 g/mol. The van der Waals surface area contributed by atoms with Crippen LogP contribution in [0.1, 0.15) is 30.7 Å². The SMILES string of the molecule is CN1CCC(NC(=O)NC2CN(c3cc(F)c([C@H]4CCC(=O)NC4=O)c(F)c3)C2)C1. The molecule has 0 spiro atoms. The van der Waals surface area contributed by atoms with Crippen molar-refractivity contribution in [2.45, 2.75) is 37.3 Å². The number of piperidine rings is 1. The molecule has 1 aromatic rings. The first-order valence-electron chi connectivity index (χ1n) is 10.1. The van der Waals surface area contributed by atoms with Gasteiger partial charge in [0.15, 0.2) is 0 Å². The number of imide groups is 1. The third-order valence-electron chi connectivity index (χ3n) is 5.96. The van der Waals surface area contributed by atoms with Gasteiger partial charge >= 0.3 is 6.03 Å². The maximum Gasteiger partial charge on any atom is 0.315 e. The summed E-state index contributed by atoms with van der Waals surface area (Å²) in [4.78, 5) is 39.2. The van der Waals surface area contributed by atoms with Crippen LogP contribution in [-0.2, 0) is 9.59 Å². The molecule has 2 atom stereocenters. The summed E-state index contributed by atoms with van der Waals surface area (Å²) in [6, 6.07) is 2.20. The number of hydrogen-bond donors (Lipinski definition) is 3. The van der Waals surface area contributed by atoms with Gasteiger partial charge in [0, 0.05) is 43.3 Å². The summed E-state index contributed by atoms with van der Waals surface area (Å²) in [6.45, 7) is 2.65. The summed E-state index contributed by atoms with van der Waals surface area (Å²) in [5.74, 6) is -3.74. The predicted octanol–water partition coefficient (Wildman–Crippen LogP) is 0.677. The van der Waals surface area contributed by atoms with E-state index in [1.165, 1.54) is 12.1 Å². The number of rotatable bonds is 4. The van der Waals surface area contributed by atoms with Gasteiger partial charge in [-0.05, 0) is 38.6 Å². The third kappa shape index (κ3) is 4.23. The lowest BCUT2D eigenvalue weighted by molar-refractivity contribution is -0.134. The largest absolute Gasteiger partial charge is 0.367 e. The zero-order valence-electron chi connectivity index (χ0n) is 16.7. The summed E-state index contributed by atoms with van der Waals surface area (Å²) in [6.07, 6.45) is 1.05. The van der Waals surface area contributed by atoms with Crippen molar-refractivity contribution in [1.82, 2.24) is 20.9 Å². The molecule has 0 radical (unpaired) electrons. The number of nitrogens with one attached hydrogen (secondary N) is 3. The molecule has 1 unspecified atom stereocenters. The zero-order chi connectivity index (χ0) is 21.4. The fraction of sp³-hybridized carbons (Fsp3) is 0.550. The highest BCUT2D eigenvalue weighted by Gasteiger charge is 2.34. The molecule has 3 aliphatic rings. The van der Waals surface area contributed by atoms with E-state index in [4.69, 9.17) is 0 Å². The first kappa shape index (κ1) is 20.5. The van der Waals surface area contributed by atoms with E-state index in [2.05, 4.69) is 20.9 Å². The van der Waals surface area contributed by atoms with Crippen LogP contribution in [0.25, 0.3) is 0 Å².